The van der Waals surface area contributed by atoms with Crippen molar-refractivity contribution in [2.75, 3.05) is 17.3 Å². The minimum Gasteiger partial charge on any atom is -0.359 e. The van der Waals surface area contributed by atoms with E-state index in [1.54, 1.807) is 0 Å². The molecular formula is C12H17N3O. The molecule has 0 bridgehead atoms. The van der Waals surface area contributed by atoms with E-state index in [1.807, 2.05) is 44.0 Å². The topological polar surface area (TPSA) is 58.4 Å². The Morgan fingerprint density at radius 1 is 1.44 bits per heavy atom. The normalized spacial score (nSPS) is 18.0. The van der Waals surface area contributed by atoms with Crippen molar-refractivity contribution in [1.29, 1.82) is 0 Å². The van der Waals surface area contributed by atoms with Crippen LogP contribution in [-0.2, 0) is 11.3 Å². The molecule has 16 heavy (non-hydrogen) atoms. The number of nitrogens with zero attached hydrogens (tertiary/aromatic N) is 1. The van der Waals surface area contributed by atoms with Gasteiger partial charge in [-0.2, -0.15) is 0 Å². The smallest absolute Gasteiger partial charge is 0.249 e. The number of likely N-dealkylation sites (N-methyl/N-ethyl adjacent to an activating group) is 1. The van der Waals surface area contributed by atoms with Crippen LogP contribution < -0.4 is 16.0 Å². The highest BCUT2D eigenvalue weighted by atomic mass is 16.2. The first-order chi connectivity index (χ1) is 7.46. The van der Waals surface area contributed by atoms with E-state index in [4.69, 9.17) is 5.73 Å². The molecule has 0 aromatic heterocycles. The molecule has 1 amide bonds. The SMILES string of the molecule is CN1c2ccc(CN)cc2NC(=O)C1(C)C. The molecule has 0 saturated carbocycles. The predicted octanol–water partition coefficient (Wildman–Crippen LogP) is 1.31. The summed E-state index contributed by atoms with van der Waals surface area (Å²) in [4.78, 5) is 13.9. The van der Waals surface area contributed by atoms with Gasteiger partial charge in [-0.1, -0.05) is 6.07 Å². The summed E-state index contributed by atoms with van der Waals surface area (Å²) in [6.45, 7) is 4.29. The van der Waals surface area contributed by atoms with Crippen LogP contribution in [0.15, 0.2) is 18.2 Å². The maximum atomic E-state index is 11.9. The third-order valence-electron chi connectivity index (χ3n) is 3.30. The lowest BCUT2D eigenvalue weighted by molar-refractivity contribution is -0.120. The molecule has 0 fully saturated rings. The molecule has 4 heteroatoms. The number of amides is 1. The standard InChI is InChI=1S/C12H17N3O/c1-12(2)11(16)14-9-6-8(7-13)4-5-10(9)15(12)3/h4-6H,7,13H2,1-3H3,(H,14,16). The van der Waals surface area contributed by atoms with Crippen molar-refractivity contribution in [2.24, 2.45) is 5.73 Å². The molecule has 1 aromatic carbocycles. The van der Waals surface area contributed by atoms with Gasteiger partial charge < -0.3 is 16.0 Å². The van der Waals surface area contributed by atoms with Gasteiger partial charge in [-0.3, -0.25) is 4.79 Å². The quantitative estimate of drug-likeness (QED) is 0.748. The lowest BCUT2D eigenvalue weighted by atomic mass is 9.97. The van der Waals surface area contributed by atoms with Gasteiger partial charge in [-0.05, 0) is 31.5 Å². The van der Waals surface area contributed by atoms with Crippen LogP contribution in [0.25, 0.3) is 0 Å². The minimum atomic E-state index is -0.517. The van der Waals surface area contributed by atoms with Crippen molar-refractivity contribution in [3.05, 3.63) is 23.8 Å². The first-order valence-electron chi connectivity index (χ1n) is 5.35. The molecule has 0 unspecified atom stereocenters. The van der Waals surface area contributed by atoms with Crippen molar-refractivity contribution in [2.45, 2.75) is 25.9 Å². The largest absolute Gasteiger partial charge is 0.359 e. The van der Waals surface area contributed by atoms with Gasteiger partial charge in [0.1, 0.15) is 5.54 Å². The van der Waals surface area contributed by atoms with Crippen LogP contribution in [0.3, 0.4) is 0 Å². The average Bonchev–Trinajstić information content (AvgIpc) is 2.26. The Balaban J connectivity index is 2.51. The molecule has 1 aliphatic heterocycles. The molecule has 4 nitrogen and oxygen atoms in total. The highest BCUT2D eigenvalue weighted by Crippen LogP contribution is 2.35. The highest BCUT2D eigenvalue weighted by Gasteiger charge is 2.37. The lowest BCUT2D eigenvalue weighted by Crippen LogP contribution is -2.54. The molecule has 0 aliphatic carbocycles. The maximum absolute atomic E-state index is 11.9. The summed E-state index contributed by atoms with van der Waals surface area (Å²) in [7, 11) is 1.93. The number of hydrogen-bond acceptors (Lipinski definition) is 3. The van der Waals surface area contributed by atoms with Crippen LogP contribution in [0.5, 0.6) is 0 Å². The van der Waals surface area contributed by atoms with Crippen molar-refractivity contribution >= 4 is 17.3 Å². The average molecular weight is 219 g/mol. The molecule has 0 spiro atoms. The van der Waals surface area contributed by atoms with Gasteiger partial charge in [0.25, 0.3) is 0 Å². The third kappa shape index (κ3) is 1.46. The van der Waals surface area contributed by atoms with Crippen LogP contribution in [0.1, 0.15) is 19.4 Å². The molecular weight excluding hydrogens is 202 g/mol. The number of rotatable bonds is 1. The van der Waals surface area contributed by atoms with Gasteiger partial charge in [0, 0.05) is 13.6 Å². The van der Waals surface area contributed by atoms with Gasteiger partial charge in [-0.25, -0.2) is 0 Å². The second-order valence-corrected chi connectivity index (χ2v) is 4.63. The molecule has 1 heterocycles. The zero-order valence-electron chi connectivity index (χ0n) is 9.87. The zero-order chi connectivity index (χ0) is 11.9. The summed E-state index contributed by atoms with van der Waals surface area (Å²) < 4.78 is 0. The van der Waals surface area contributed by atoms with Crippen molar-refractivity contribution in [1.82, 2.24) is 0 Å². The summed E-state index contributed by atoms with van der Waals surface area (Å²) in [6.07, 6.45) is 0. The van der Waals surface area contributed by atoms with Crippen LogP contribution >= 0.6 is 0 Å². The first kappa shape index (κ1) is 11.0. The summed E-state index contributed by atoms with van der Waals surface area (Å²) in [5.74, 6) is 0.0108. The second kappa shape index (κ2) is 3.49. The number of nitrogens with one attached hydrogen (secondary N) is 1. The number of carbonyl (C=O) groups is 1. The Bertz CT molecular complexity index is 440. The Kier molecular flexibility index (Phi) is 2.39. The number of nitrogens with two attached hydrogens (primary N) is 1. The Morgan fingerprint density at radius 3 is 2.75 bits per heavy atom. The Hall–Kier alpha value is -1.55. The summed E-state index contributed by atoms with van der Waals surface area (Å²) in [6, 6.07) is 5.92. The van der Waals surface area contributed by atoms with E-state index in [9.17, 15) is 4.79 Å². The van der Waals surface area contributed by atoms with Crippen molar-refractivity contribution in [3.63, 3.8) is 0 Å². The van der Waals surface area contributed by atoms with Crippen molar-refractivity contribution < 1.29 is 4.79 Å². The van der Waals surface area contributed by atoms with E-state index in [0.717, 1.165) is 16.9 Å². The number of fused-ring (bicyclic) bond motifs is 1. The lowest BCUT2D eigenvalue weighted by Gasteiger charge is -2.41. The van der Waals surface area contributed by atoms with Gasteiger partial charge in [0.05, 0.1) is 11.4 Å². The zero-order valence-corrected chi connectivity index (χ0v) is 9.87. The first-order valence-corrected chi connectivity index (χ1v) is 5.35. The van der Waals surface area contributed by atoms with Crippen LogP contribution in [0, 0.1) is 0 Å². The van der Waals surface area contributed by atoms with Crippen LogP contribution in [-0.4, -0.2) is 18.5 Å². The molecule has 3 N–H and O–H groups in total. The van der Waals surface area contributed by atoms with Crippen LogP contribution in [0.4, 0.5) is 11.4 Å². The number of carbonyl (C=O) groups excluding carboxylic acids is 1. The fourth-order valence-electron chi connectivity index (χ4n) is 1.83. The third-order valence-corrected chi connectivity index (χ3v) is 3.30. The molecule has 0 radical (unpaired) electrons. The predicted molar refractivity (Wildman–Crippen MR) is 65.4 cm³/mol. The fourth-order valence-corrected chi connectivity index (χ4v) is 1.83. The van der Waals surface area contributed by atoms with E-state index < -0.39 is 5.54 Å². The molecule has 1 aliphatic rings. The molecule has 0 atom stereocenters. The summed E-state index contributed by atoms with van der Waals surface area (Å²) in [5.41, 5.74) is 7.95. The van der Waals surface area contributed by atoms with E-state index in [-0.39, 0.29) is 5.91 Å². The van der Waals surface area contributed by atoms with Gasteiger partial charge in [0.15, 0.2) is 0 Å². The Labute approximate surface area is 95.4 Å². The highest BCUT2D eigenvalue weighted by molar-refractivity contribution is 6.06. The molecule has 1 aromatic rings. The number of benzene rings is 1. The van der Waals surface area contributed by atoms with Gasteiger partial charge in [-0.15, -0.1) is 0 Å². The van der Waals surface area contributed by atoms with E-state index >= 15 is 0 Å². The fraction of sp³-hybridized carbons (Fsp3) is 0.417. The van der Waals surface area contributed by atoms with E-state index in [1.165, 1.54) is 0 Å². The molecule has 0 saturated heterocycles. The maximum Gasteiger partial charge on any atom is 0.249 e. The van der Waals surface area contributed by atoms with Gasteiger partial charge in [0.2, 0.25) is 5.91 Å². The Morgan fingerprint density at radius 2 is 2.12 bits per heavy atom. The van der Waals surface area contributed by atoms with Gasteiger partial charge >= 0.3 is 0 Å². The second-order valence-electron chi connectivity index (χ2n) is 4.63. The van der Waals surface area contributed by atoms with Crippen LogP contribution in [0.2, 0.25) is 0 Å². The summed E-state index contributed by atoms with van der Waals surface area (Å²) >= 11 is 0. The minimum absolute atomic E-state index is 0.0108. The van der Waals surface area contributed by atoms with E-state index in [2.05, 4.69) is 5.32 Å². The summed E-state index contributed by atoms with van der Waals surface area (Å²) in [5, 5.41) is 2.92. The monoisotopic (exact) mass is 219 g/mol. The number of hydrogen-bond donors (Lipinski definition) is 2. The van der Waals surface area contributed by atoms with Crippen molar-refractivity contribution in [3.8, 4) is 0 Å². The number of anilines is 2. The van der Waals surface area contributed by atoms with E-state index in [0.29, 0.717) is 6.54 Å². The molecule has 86 valence electrons. The molecule has 2 rings (SSSR count).